The van der Waals surface area contributed by atoms with E-state index >= 15 is 0 Å². The molecule has 1 fully saturated rings. The summed E-state index contributed by atoms with van der Waals surface area (Å²) in [4.78, 5) is 12.0. The molecule has 0 saturated carbocycles. The minimum absolute atomic E-state index is 0.0424. The van der Waals surface area contributed by atoms with Gasteiger partial charge in [-0.2, -0.15) is 5.10 Å². The van der Waals surface area contributed by atoms with Crippen LogP contribution in [0.15, 0.2) is 58.7 Å². The molecule has 0 aliphatic carbocycles. The number of rotatable bonds is 4. The molecule has 122 valence electrons. The highest BCUT2D eigenvalue weighted by Gasteiger charge is 2.30. The molecule has 1 heterocycles. The third kappa shape index (κ3) is 4.23. The number of phenolic OH excluding ortho intramolecular Hbond substituents is 1. The summed E-state index contributed by atoms with van der Waals surface area (Å²) >= 11 is 1.39. The molecule has 2 aromatic carbocycles. The molecule has 1 atom stereocenters. The van der Waals surface area contributed by atoms with Gasteiger partial charge in [-0.1, -0.05) is 41.6 Å². The van der Waals surface area contributed by atoms with E-state index < -0.39 is 0 Å². The van der Waals surface area contributed by atoms with Gasteiger partial charge in [0.25, 0.3) is 0 Å². The standard InChI is InChI=1S/C18H17N3O2S/c1-12-2-4-13(5-3-12)10-16-17(23)20-18(24-16)21-19-11-14-6-8-15(22)9-7-14/h2-9,11,16,22H,10H2,1H3,(H,20,21,23)/b19-11-/t16-/m0/s1. The molecule has 0 unspecified atom stereocenters. The van der Waals surface area contributed by atoms with Crippen molar-refractivity contribution in [1.82, 2.24) is 5.32 Å². The van der Waals surface area contributed by atoms with Crippen LogP contribution < -0.4 is 5.32 Å². The summed E-state index contributed by atoms with van der Waals surface area (Å²) in [6, 6.07) is 14.8. The largest absolute Gasteiger partial charge is 0.508 e. The monoisotopic (exact) mass is 339 g/mol. The van der Waals surface area contributed by atoms with Crippen LogP contribution in [0.4, 0.5) is 0 Å². The van der Waals surface area contributed by atoms with E-state index in [9.17, 15) is 9.90 Å². The first-order valence-corrected chi connectivity index (χ1v) is 8.41. The highest BCUT2D eigenvalue weighted by molar-refractivity contribution is 8.15. The number of hydrogen-bond acceptors (Lipinski definition) is 5. The summed E-state index contributed by atoms with van der Waals surface area (Å²) in [6.45, 7) is 2.04. The maximum Gasteiger partial charge on any atom is 0.239 e. The van der Waals surface area contributed by atoms with Crippen molar-refractivity contribution in [3.8, 4) is 5.75 Å². The molecule has 1 saturated heterocycles. The first kappa shape index (κ1) is 16.3. The van der Waals surface area contributed by atoms with Crippen molar-refractivity contribution in [2.75, 3.05) is 0 Å². The van der Waals surface area contributed by atoms with Gasteiger partial charge in [0.1, 0.15) is 5.75 Å². The van der Waals surface area contributed by atoms with Gasteiger partial charge in [-0.25, -0.2) is 0 Å². The van der Waals surface area contributed by atoms with Crippen molar-refractivity contribution < 1.29 is 9.90 Å². The first-order chi connectivity index (χ1) is 11.6. The Bertz CT molecular complexity index is 783. The van der Waals surface area contributed by atoms with Crippen LogP contribution in [0, 0.1) is 6.92 Å². The van der Waals surface area contributed by atoms with E-state index in [-0.39, 0.29) is 16.9 Å². The second kappa shape index (κ2) is 7.31. The average molecular weight is 339 g/mol. The third-order valence-corrected chi connectivity index (χ3v) is 4.64. The number of nitrogens with one attached hydrogen (secondary N) is 1. The Morgan fingerprint density at radius 2 is 1.88 bits per heavy atom. The maximum absolute atomic E-state index is 12.0. The molecule has 0 bridgehead atoms. The number of phenols is 1. The topological polar surface area (TPSA) is 74.1 Å². The van der Waals surface area contributed by atoms with E-state index in [0.717, 1.165) is 11.1 Å². The third-order valence-electron chi connectivity index (χ3n) is 3.57. The number of amidine groups is 1. The quantitative estimate of drug-likeness (QED) is 0.664. The number of thioether (sulfide) groups is 1. The molecule has 0 radical (unpaired) electrons. The molecule has 6 heteroatoms. The lowest BCUT2D eigenvalue weighted by atomic mass is 10.1. The van der Waals surface area contributed by atoms with Gasteiger partial charge in [0.2, 0.25) is 5.91 Å². The van der Waals surface area contributed by atoms with Crippen LogP contribution in [0.5, 0.6) is 5.75 Å². The van der Waals surface area contributed by atoms with Gasteiger partial charge in [0.05, 0.1) is 11.5 Å². The Hall–Kier alpha value is -2.60. The number of carbonyl (C=O) groups is 1. The van der Waals surface area contributed by atoms with Gasteiger partial charge in [-0.05, 0) is 48.7 Å². The summed E-state index contributed by atoms with van der Waals surface area (Å²) in [7, 11) is 0. The summed E-state index contributed by atoms with van der Waals surface area (Å²) in [6.07, 6.45) is 2.24. The number of aryl methyl sites for hydroxylation is 1. The van der Waals surface area contributed by atoms with Crippen LogP contribution in [0.25, 0.3) is 0 Å². The predicted molar refractivity (Wildman–Crippen MR) is 97.5 cm³/mol. The van der Waals surface area contributed by atoms with Gasteiger partial charge >= 0.3 is 0 Å². The lowest BCUT2D eigenvalue weighted by molar-refractivity contribution is -0.118. The zero-order valence-corrected chi connectivity index (χ0v) is 14.0. The smallest absolute Gasteiger partial charge is 0.239 e. The van der Waals surface area contributed by atoms with Crippen LogP contribution in [-0.2, 0) is 11.2 Å². The van der Waals surface area contributed by atoms with E-state index in [0.29, 0.717) is 11.6 Å². The molecule has 2 N–H and O–H groups in total. The fourth-order valence-corrected chi connectivity index (χ4v) is 3.20. The highest BCUT2D eigenvalue weighted by Crippen LogP contribution is 2.23. The molecule has 0 spiro atoms. The second-order valence-electron chi connectivity index (χ2n) is 5.53. The SMILES string of the molecule is Cc1ccc(C[C@@H]2S/C(=N\N=C/c3ccc(O)cc3)NC2=O)cc1. The molecule has 2 aromatic rings. The summed E-state index contributed by atoms with van der Waals surface area (Å²) in [5, 5.41) is 20.3. The van der Waals surface area contributed by atoms with Crippen molar-refractivity contribution in [3.05, 3.63) is 65.2 Å². The second-order valence-corrected chi connectivity index (χ2v) is 6.72. The molecule has 24 heavy (non-hydrogen) atoms. The molecule has 1 aliphatic heterocycles. The predicted octanol–water partition coefficient (Wildman–Crippen LogP) is 2.86. The Morgan fingerprint density at radius 3 is 2.58 bits per heavy atom. The summed E-state index contributed by atoms with van der Waals surface area (Å²) in [5.74, 6) is 0.162. The van der Waals surface area contributed by atoms with Gasteiger partial charge in [-0.15, -0.1) is 5.10 Å². The van der Waals surface area contributed by atoms with Crippen LogP contribution in [0.3, 0.4) is 0 Å². The Labute approximate surface area is 144 Å². The fourth-order valence-electron chi connectivity index (χ4n) is 2.23. The Morgan fingerprint density at radius 1 is 1.17 bits per heavy atom. The van der Waals surface area contributed by atoms with Crippen molar-refractivity contribution in [1.29, 1.82) is 0 Å². The van der Waals surface area contributed by atoms with E-state index in [1.165, 1.54) is 17.3 Å². The zero-order valence-electron chi connectivity index (χ0n) is 13.1. The lowest BCUT2D eigenvalue weighted by Crippen LogP contribution is -2.25. The van der Waals surface area contributed by atoms with Gasteiger partial charge in [-0.3, -0.25) is 4.79 Å². The van der Waals surface area contributed by atoms with Crippen LogP contribution in [0.2, 0.25) is 0 Å². The molecular weight excluding hydrogens is 322 g/mol. The molecule has 0 aromatic heterocycles. The molecule has 5 nitrogen and oxygen atoms in total. The van der Waals surface area contributed by atoms with Crippen LogP contribution in [0.1, 0.15) is 16.7 Å². The molecule has 3 rings (SSSR count). The molecular formula is C18H17N3O2S. The van der Waals surface area contributed by atoms with Crippen LogP contribution >= 0.6 is 11.8 Å². The van der Waals surface area contributed by atoms with Crippen molar-refractivity contribution in [3.63, 3.8) is 0 Å². The number of benzene rings is 2. The van der Waals surface area contributed by atoms with E-state index in [2.05, 4.69) is 15.5 Å². The van der Waals surface area contributed by atoms with E-state index in [4.69, 9.17) is 0 Å². The van der Waals surface area contributed by atoms with Crippen LogP contribution in [-0.4, -0.2) is 27.6 Å². The Balaban J connectivity index is 1.61. The number of carbonyl (C=O) groups excluding carboxylic acids is 1. The summed E-state index contributed by atoms with van der Waals surface area (Å²) < 4.78 is 0. The minimum Gasteiger partial charge on any atom is -0.508 e. The Kier molecular flexibility index (Phi) is 4.96. The maximum atomic E-state index is 12.0. The van der Waals surface area contributed by atoms with Crippen molar-refractivity contribution in [2.45, 2.75) is 18.6 Å². The van der Waals surface area contributed by atoms with Crippen molar-refractivity contribution >= 4 is 29.1 Å². The number of nitrogens with zero attached hydrogens (tertiary/aromatic N) is 2. The highest BCUT2D eigenvalue weighted by atomic mass is 32.2. The normalized spacial score (nSPS) is 19.1. The lowest BCUT2D eigenvalue weighted by Gasteiger charge is -2.05. The first-order valence-electron chi connectivity index (χ1n) is 7.53. The van der Waals surface area contributed by atoms with Gasteiger partial charge < -0.3 is 10.4 Å². The average Bonchev–Trinajstić information content (AvgIpc) is 2.91. The fraction of sp³-hybridized carbons (Fsp3) is 0.167. The number of aromatic hydroxyl groups is 1. The molecule has 1 amide bonds. The molecule has 1 aliphatic rings. The number of amides is 1. The van der Waals surface area contributed by atoms with Gasteiger partial charge in [0, 0.05) is 0 Å². The zero-order chi connectivity index (χ0) is 16.9. The summed E-state index contributed by atoms with van der Waals surface area (Å²) in [5.41, 5.74) is 3.15. The van der Waals surface area contributed by atoms with Gasteiger partial charge in [0.15, 0.2) is 5.17 Å². The van der Waals surface area contributed by atoms with Crippen molar-refractivity contribution in [2.24, 2.45) is 10.2 Å². The minimum atomic E-state index is -0.185. The van der Waals surface area contributed by atoms with E-state index in [1.807, 2.05) is 31.2 Å². The number of hydrogen-bond donors (Lipinski definition) is 2. The van der Waals surface area contributed by atoms with E-state index in [1.54, 1.807) is 30.5 Å².